The first-order valence-electron chi connectivity index (χ1n) is 4.58. The van der Waals surface area contributed by atoms with E-state index in [1.54, 1.807) is 6.26 Å². The van der Waals surface area contributed by atoms with E-state index in [4.69, 9.17) is 4.42 Å². The van der Waals surface area contributed by atoms with Gasteiger partial charge in [-0.1, -0.05) is 12.8 Å². The number of rotatable bonds is 4. The fourth-order valence-electron chi connectivity index (χ4n) is 1.42. The van der Waals surface area contributed by atoms with Crippen LogP contribution in [0.5, 0.6) is 0 Å². The Morgan fingerprint density at radius 3 is 3.00 bits per heavy atom. The van der Waals surface area contributed by atoms with Crippen molar-refractivity contribution >= 4 is 0 Å². The van der Waals surface area contributed by atoms with Gasteiger partial charge in [-0.25, -0.2) is 0 Å². The maximum atomic E-state index is 9.59. The lowest BCUT2D eigenvalue weighted by Crippen LogP contribution is -1.95. The fraction of sp³-hybridized carbons (Fsp3) is 0.600. The first-order chi connectivity index (χ1) is 5.86. The largest absolute Gasteiger partial charge is 0.467 e. The Morgan fingerprint density at radius 1 is 1.58 bits per heavy atom. The molecule has 1 aliphatic carbocycles. The summed E-state index contributed by atoms with van der Waals surface area (Å²) in [5, 5.41) is 9.59. The molecule has 1 fully saturated rings. The van der Waals surface area contributed by atoms with Gasteiger partial charge in [0.25, 0.3) is 0 Å². The molecule has 1 unspecified atom stereocenters. The summed E-state index contributed by atoms with van der Waals surface area (Å²) in [6.07, 6.45) is 5.91. The third kappa shape index (κ3) is 1.89. The highest BCUT2D eigenvalue weighted by atomic mass is 16.4. The van der Waals surface area contributed by atoms with E-state index in [1.165, 1.54) is 12.8 Å². The minimum absolute atomic E-state index is 0.388. The Kier molecular flexibility index (Phi) is 2.17. The van der Waals surface area contributed by atoms with Crippen LogP contribution in [0, 0.1) is 5.92 Å². The van der Waals surface area contributed by atoms with Crippen molar-refractivity contribution < 1.29 is 9.52 Å². The molecule has 66 valence electrons. The van der Waals surface area contributed by atoms with Gasteiger partial charge < -0.3 is 9.52 Å². The number of hydrogen-bond acceptors (Lipinski definition) is 2. The first kappa shape index (κ1) is 7.87. The average molecular weight is 166 g/mol. The summed E-state index contributed by atoms with van der Waals surface area (Å²) in [6, 6.07) is 3.65. The lowest BCUT2D eigenvalue weighted by molar-refractivity contribution is 0.136. The normalized spacial score (nSPS) is 19.4. The van der Waals surface area contributed by atoms with Gasteiger partial charge >= 0.3 is 0 Å². The molecule has 0 saturated heterocycles. The van der Waals surface area contributed by atoms with Crippen LogP contribution in [-0.4, -0.2) is 5.11 Å². The third-order valence-electron chi connectivity index (χ3n) is 2.42. The van der Waals surface area contributed by atoms with E-state index in [2.05, 4.69) is 0 Å². The van der Waals surface area contributed by atoms with Gasteiger partial charge in [0.05, 0.1) is 6.26 Å². The Morgan fingerprint density at radius 2 is 2.42 bits per heavy atom. The molecule has 12 heavy (non-hydrogen) atoms. The zero-order valence-electron chi connectivity index (χ0n) is 7.07. The van der Waals surface area contributed by atoms with Gasteiger partial charge in [0.15, 0.2) is 0 Å². The quantitative estimate of drug-likeness (QED) is 0.745. The molecule has 0 aliphatic heterocycles. The van der Waals surface area contributed by atoms with Crippen LogP contribution in [-0.2, 0) is 0 Å². The summed E-state index contributed by atoms with van der Waals surface area (Å²) in [4.78, 5) is 0. The molecule has 1 heterocycles. The average Bonchev–Trinajstić information content (AvgIpc) is 2.74. The summed E-state index contributed by atoms with van der Waals surface area (Å²) < 4.78 is 5.10. The van der Waals surface area contributed by atoms with Crippen molar-refractivity contribution in [3.63, 3.8) is 0 Å². The van der Waals surface area contributed by atoms with E-state index in [-0.39, 0.29) is 6.10 Å². The highest BCUT2D eigenvalue weighted by Crippen LogP contribution is 2.35. The van der Waals surface area contributed by atoms with Crippen LogP contribution in [0.1, 0.15) is 37.5 Å². The zero-order valence-corrected chi connectivity index (χ0v) is 7.07. The van der Waals surface area contributed by atoms with Crippen LogP contribution in [0.25, 0.3) is 0 Å². The molecule has 1 aromatic heterocycles. The van der Waals surface area contributed by atoms with Crippen molar-refractivity contribution in [2.75, 3.05) is 0 Å². The molecular weight excluding hydrogens is 152 g/mol. The first-order valence-corrected chi connectivity index (χ1v) is 4.58. The van der Waals surface area contributed by atoms with Crippen LogP contribution < -0.4 is 0 Å². The minimum Gasteiger partial charge on any atom is -0.467 e. The van der Waals surface area contributed by atoms with E-state index in [0.29, 0.717) is 5.76 Å². The number of aliphatic hydroxyl groups is 1. The molecule has 1 saturated carbocycles. The van der Waals surface area contributed by atoms with Crippen LogP contribution in [0.15, 0.2) is 22.8 Å². The van der Waals surface area contributed by atoms with Crippen LogP contribution >= 0.6 is 0 Å². The molecule has 1 atom stereocenters. The maximum Gasteiger partial charge on any atom is 0.132 e. The maximum absolute atomic E-state index is 9.59. The summed E-state index contributed by atoms with van der Waals surface area (Å²) in [5.41, 5.74) is 0. The van der Waals surface area contributed by atoms with E-state index in [9.17, 15) is 5.11 Å². The van der Waals surface area contributed by atoms with Gasteiger partial charge in [-0.15, -0.1) is 0 Å². The highest BCUT2D eigenvalue weighted by molar-refractivity contribution is 5.01. The van der Waals surface area contributed by atoms with Gasteiger partial charge in [-0.2, -0.15) is 0 Å². The molecule has 2 nitrogen and oxygen atoms in total. The summed E-state index contributed by atoms with van der Waals surface area (Å²) in [7, 11) is 0. The van der Waals surface area contributed by atoms with Crippen molar-refractivity contribution in [1.29, 1.82) is 0 Å². The van der Waals surface area contributed by atoms with Crippen LogP contribution in [0.4, 0.5) is 0 Å². The highest BCUT2D eigenvalue weighted by Gasteiger charge is 2.22. The monoisotopic (exact) mass is 166 g/mol. The second-order valence-corrected chi connectivity index (χ2v) is 3.55. The van der Waals surface area contributed by atoms with Gasteiger partial charge in [0.1, 0.15) is 11.9 Å². The number of furan rings is 1. The van der Waals surface area contributed by atoms with Crippen molar-refractivity contribution in [2.45, 2.75) is 31.8 Å². The van der Waals surface area contributed by atoms with Crippen molar-refractivity contribution in [3.8, 4) is 0 Å². The van der Waals surface area contributed by atoms with E-state index < -0.39 is 0 Å². The predicted molar refractivity (Wildman–Crippen MR) is 45.6 cm³/mol. The van der Waals surface area contributed by atoms with Crippen LogP contribution in [0.2, 0.25) is 0 Å². The molecule has 0 spiro atoms. The lowest BCUT2D eigenvalue weighted by Gasteiger charge is -2.05. The Bertz CT molecular complexity index is 224. The molecule has 1 N–H and O–H groups in total. The van der Waals surface area contributed by atoms with E-state index in [0.717, 1.165) is 18.8 Å². The lowest BCUT2D eigenvalue weighted by atomic mass is 10.1. The smallest absolute Gasteiger partial charge is 0.132 e. The molecule has 0 aromatic carbocycles. The second-order valence-electron chi connectivity index (χ2n) is 3.55. The number of aliphatic hydroxyl groups excluding tert-OH is 1. The Balaban J connectivity index is 1.79. The number of hydrogen-bond donors (Lipinski definition) is 1. The fourth-order valence-corrected chi connectivity index (χ4v) is 1.42. The third-order valence-corrected chi connectivity index (χ3v) is 2.42. The summed E-state index contributed by atoms with van der Waals surface area (Å²) in [5.74, 6) is 1.59. The van der Waals surface area contributed by atoms with Crippen molar-refractivity contribution in [3.05, 3.63) is 24.2 Å². The zero-order chi connectivity index (χ0) is 8.39. The molecular formula is C10H14O2. The van der Waals surface area contributed by atoms with E-state index in [1.807, 2.05) is 12.1 Å². The summed E-state index contributed by atoms with van der Waals surface area (Å²) >= 11 is 0. The van der Waals surface area contributed by atoms with Gasteiger partial charge in [-0.05, 0) is 30.9 Å². The van der Waals surface area contributed by atoms with Crippen molar-refractivity contribution in [2.24, 2.45) is 5.92 Å². The van der Waals surface area contributed by atoms with Crippen LogP contribution in [0.3, 0.4) is 0 Å². The molecule has 2 heteroatoms. The molecule has 0 bridgehead atoms. The topological polar surface area (TPSA) is 33.4 Å². The van der Waals surface area contributed by atoms with Crippen molar-refractivity contribution in [1.82, 2.24) is 0 Å². The summed E-state index contributed by atoms with van der Waals surface area (Å²) in [6.45, 7) is 0. The molecule has 0 radical (unpaired) electrons. The van der Waals surface area contributed by atoms with Gasteiger partial charge in [0, 0.05) is 0 Å². The van der Waals surface area contributed by atoms with E-state index >= 15 is 0 Å². The molecule has 1 aliphatic rings. The Hall–Kier alpha value is -0.760. The standard InChI is InChI=1S/C10H14O2/c11-9(6-5-8-3-4-8)10-2-1-7-12-10/h1-2,7-9,11H,3-6H2. The molecule has 0 amide bonds. The molecule has 1 aromatic rings. The SMILES string of the molecule is OC(CCC1CC1)c1ccco1. The second kappa shape index (κ2) is 3.31. The van der Waals surface area contributed by atoms with Gasteiger partial charge in [-0.3, -0.25) is 0 Å². The molecule has 2 rings (SSSR count). The van der Waals surface area contributed by atoms with Gasteiger partial charge in [0.2, 0.25) is 0 Å². The minimum atomic E-state index is -0.388. The predicted octanol–water partition coefficient (Wildman–Crippen LogP) is 2.50. The Labute approximate surface area is 72.2 Å².